The van der Waals surface area contributed by atoms with Gasteiger partial charge in [-0.3, -0.25) is 9.59 Å². The SMILES string of the molecule is COc1cccc(CN(C(=O)COc2ccc(C(C)C)cc2Br)C(C)C(=O)NC(C)C)c1. The Morgan fingerprint density at radius 3 is 2.38 bits per heavy atom. The molecule has 6 nitrogen and oxygen atoms in total. The highest BCUT2D eigenvalue weighted by Gasteiger charge is 2.27. The number of ether oxygens (including phenoxy) is 2. The van der Waals surface area contributed by atoms with Gasteiger partial charge in [0.05, 0.1) is 11.6 Å². The van der Waals surface area contributed by atoms with Gasteiger partial charge in [0.15, 0.2) is 6.61 Å². The Hall–Kier alpha value is -2.54. The van der Waals surface area contributed by atoms with E-state index in [1.807, 2.05) is 56.3 Å². The van der Waals surface area contributed by atoms with E-state index in [0.717, 1.165) is 10.0 Å². The summed E-state index contributed by atoms with van der Waals surface area (Å²) in [4.78, 5) is 27.4. The number of methoxy groups -OCH3 is 1. The third-order valence-corrected chi connectivity index (χ3v) is 5.68. The highest BCUT2D eigenvalue weighted by atomic mass is 79.9. The van der Waals surface area contributed by atoms with E-state index in [1.165, 1.54) is 10.5 Å². The van der Waals surface area contributed by atoms with E-state index in [9.17, 15) is 9.59 Å². The van der Waals surface area contributed by atoms with Gasteiger partial charge in [-0.25, -0.2) is 0 Å². The van der Waals surface area contributed by atoms with E-state index >= 15 is 0 Å². The first-order valence-corrected chi connectivity index (χ1v) is 11.6. The number of amides is 2. The normalized spacial score (nSPS) is 11.9. The molecule has 0 saturated carbocycles. The fourth-order valence-corrected chi connectivity index (χ4v) is 3.68. The molecular weight excluding hydrogens is 472 g/mol. The van der Waals surface area contributed by atoms with Gasteiger partial charge in [-0.1, -0.05) is 32.0 Å². The molecule has 0 radical (unpaired) electrons. The zero-order valence-corrected chi connectivity index (χ0v) is 21.2. The highest BCUT2D eigenvalue weighted by molar-refractivity contribution is 9.10. The van der Waals surface area contributed by atoms with E-state index in [0.29, 0.717) is 17.4 Å². The molecule has 0 saturated heterocycles. The quantitative estimate of drug-likeness (QED) is 0.499. The molecule has 0 aromatic heterocycles. The minimum absolute atomic E-state index is 0.0228. The Kier molecular flexibility index (Phi) is 9.57. The first-order chi connectivity index (χ1) is 15.1. The Balaban J connectivity index is 2.19. The molecule has 7 heteroatoms. The maximum absolute atomic E-state index is 13.2. The topological polar surface area (TPSA) is 67.9 Å². The lowest BCUT2D eigenvalue weighted by molar-refractivity contribution is -0.142. The van der Waals surface area contributed by atoms with Crippen LogP contribution in [0.2, 0.25) is 0 Å². The van der Waals surface area contributed by atoms with Crippen molar-refractivity contribution in [2.45, 2.75) is 59.2 Å². The molecule has 174 valence electrons. The molecule has 0 spiro atoms. The van der Waals surface area contributed by atoms with Crippen molar-refractivity contribution in [3.8, 4) is 11.5 Å². The summed E-state index contributed by atoms with van der Waals surface area (Å²) in [5.74, 6) is 1.18. The number of carbonyl (C=O) groups excluding carboxylic acids is 2. The van der Waals surface area contributed by atoms with Crippen LogP contribution in [0.4, 0.5) is 0 Å². The first kappa shape index (κ1) is 25.7. The van der Waals surface area contributed by atoms with Crippen LogP contribution in [-0.2, 0) is 16.1 Å². The summed E-state index contributed by atoms with van der Waals surface area (Å²) in [5.41, 5.74) is 2.04. The van der Waals surface area contributed by atoms with Crippen LogP contribution in [0.15, 0.2) is 46.9 Å². The Morgan fingerprint density at radius 1 is 1.06 bits per heavy atom. The van der Waals surface area contributed by atoms with Gasteiger partial charge in [0.2, 0.25) is 5.91 Å². The lowest BCUT2D eigenvalue weighted by Crippen LogP contribution is -2.50. The van der Waals surface area contributed by atoms with Crippen LogP contribution in [-0.4, -0.2) is 42.5 Å². The fourth-order valence-electron chi connectivity index (χ4n) is 3.17. The lowest BCUT2D eigenvalue weighted by Gasteiger charge is -2.29. The van der Waals surface area contributed by atoms with Crippen molar-refractivity contribution in [2.75, 3.05) is 13.7 Å². The standard InChI is InChI=1S/C25H33BrN2O4/c1-16(2)20-10-11-23(22(26)13-20)32-15-24(29)28(18(5)25(30)27-17(3)4)14-19-8-7-9-21(12-19)31-6/h7-13,16-18H,14-15H2,1-6H3,(H,27,30). The van der Waals surface area contributed by atoms with Gasteiger partial charge >= 0.3 is 0 Å². The average Bonchev–Trinajstić information content (AvgIpc) is 2.75. The molecule has 2 aromatic carbocycles. The van der Waals surface area contributed by atoms with Crippen molar-refractivity contribution in [2.24, 2.45) is 0 Å². The first-order valence-electron chi connectivity index (χ1n) is 10.8. The van der Waals surface area contributed by atoms with E-state index in [4.69, 9.17) is 9.47 Å². The summed E-state index contributed by atoms with van der Waals surface area (Å²) in [6, 6.07) is 12.6. The molecule has 32 heavy (non-hydrogen) atoms. The van der Waals surface area contributed by atoms with Crippen molar-refractivity contribution in [3.05, 3.63) is 58.1 Å². The largest absolute Gasteiger partial charge is 0.497 e. The van der Waals surface area contributed by atoms with Gasteiger partial charge in [-0.05, 0) is 78.0 Å². The molecule has 0 fully saturated rings. The molecule has 2 aromatic rings. The van der Waals surface area contributed by atoms with Crippen LogP contribution in [0, 0.1) is 0 Å². The van der Waals surface area contributed by atoms with Gasteiger partial charge in [0.25, 0.3) is 5.91 Å². The van der Waals surface area contributed by atoms with Gasteiger partial charge in [-0.2, -0.15) is 0 Å². The smallest absolute Gasteiger partial charge is 0.261 e. The zero-order valence-electron chi connectivity index (χ0n) is 19.6. The van der Waals surface area contributed by atoms with Crippen LogP contribution in [0.5, 0.6) is 11.5 Å². The lowest BCUT2D eigenvalue weighted by atomic mass is 10.0. The van der Waals surface area contributed by atoms with Crippen molar-refractivity contribution in [1.82, 2.24) is 10.2 Å². The Bertz CT molecular complexity index is 930. The van der Waals surface area contributed by atoms with Crippen molar-refractivity contribution >= 4 is 27.7 Å². The molecule has 2 rings (SSSR count). The van der Waals surface area contributed by atoms with Crippen LogP contribution in [0.1, 0.15) is 51.7 Å². The van der Waals surface area contributed by atoms with Crippen LogP contribution in [0.25, 0.3) is 0 Å². The Labute approximate surface area is 199 Å². The second-order valence-electron chi connectivity index (χ2n) is 8.35. The number of hydrogen-bond acceptors (Lipinski definition) is 4. The molecular formula is C25H33BrN2O4. The molecule has 0 heterocycles. The Morgan fingerprint density at radius 2 is 1.78 bits per heavy atom. The minimum atomic E-state index is -0.661. The summed E-state index contributed by atoms with van der Waals surface area (Å²) in [6.07, 6.45) is 0. The maximum atomic E-state index is 13.2. The van der Waals surface area contributed by atoms with Crippen LogP contribution in [0.3, 0.4) is 0 Å². The third-order valence-electron chi connectivity index (χ3n) is 5.06. The van der Waals surface area contributed by atoms with Crippen LogP contribution >= 0.6 is 15.9 Å². The van der Waals surface area contributed by atoms with Crippen molar-refractivity contribution in [1.29, 1.82) is 0 Å². The van der Waals surface area contributed by atoms with E-state index in [2.05, 4.69) is 35.1 Å². The van der Waals surface area contributed by atoms with Crippen molar-refractivity contribution in [3.63, 3.8) is 0 Å². The number of nitrogens with zero attached hydrogens (tertiary/aromatic N) is 1. The predicted octanol–water partition coefficient (Wildman–Crippen LogP) is 4.90. The monoisotopic (exact) mass is 504 g/mol. The number of carbonyl (C=O) groups is 2. The minimum Gasteiger partial charge on any atom is -0.497 e. The molecule has 0 aliphatic heterocycles. The molecule has 1 N–H and O–H groups in total. The summed E-state index contributed by atoms with van der Waals surface area (Å²) < 4.78 is 11.9. The predicted molar refractivity (Wildman–Crippen MR) is 130 cm³/mol. The third kappa shape index (κ3) is 7.26. The van der Waals surface area contributed by atoms with Gasteiger partial charge in [-0.15, -0.1) is 0 Å². The summed E-state index contributed by atoms with van der Waals surface area (Å²) in [6.45, 7) is 9.82. The molecule has 1 atom stereocenters. The van der Waals surface area contributed by atoms with Gasteiger partial charge in [0, 0.05) is 12.6 Å². The van der Waals surface area contributed by atoms with Crippen molar-refractivity contribution < 1.29 is 19.1 Å². The molecule has 1 unspecified atom stereocenters. The number of halogens is 1. The van der Waals surface area contributed by atoms with E-state index in [1.54, 1.807) is 14.0 Å². The van der Waals surface area contributed by atoms with E-state index in [-0.39, 0.29) is 31.0 Å². The van der Waals surface area contributed by atoms with Gasteiger partial charge < -0.3 is 19.7 Å². The zero-order chi connectivity index (χ0) is 23.8. The second kappa shape index (κ2) is 11.9. The molecule has 2 amide bonds. The van der Waals surface area contributed by atoms with Crippen LogP contribution < -0.4 is 14.8 Å². The summed E-state index contributed by atoms with van der Waals surface area (Å²) >= 11 is 3.52. The fraction of sp³-hybridized carbons (Fsp3) is 0.440. The number of benzene rings is 2. The molecule has 0 aliphatic carbocycles. The van der Waals surface area contributed by atoms with E-state index < -0.39 is 6.04 Å². The number of rotatable bonds is 10. The number of nitrogens with one attached hydrogen (secondary N) is 1. The number of hydrogen-bond donors (Lipinski definition) is 1. The summed E-state index contributed by atoms with van der Waals surface area (Å²) in [5, 5.41) is 2.88. The second-order valence-corrected chi connectivity index (χ2v) is 9.20. The highest BCUT2D eigenvalue weighted by Crippen LogP contribution is 2.29. The average molecular weight is 505 g/mol. The summed E-state index contributed by atoms with van der Waals surface area (Å²) in [7, 11) is 1.59. The molecule has 0 aliphatic rings. The van der Waals surface area contributed by atoms with Gasteiger partial charge in [0.1, 0.15) is 17.5 Å². The maximum Gasteiger partial charge on any atom is 0.261 e. The molecule has 0 bridgehead atoms.